The Balaban J connectivity index is 1.54. The van der Waals surface area contributed by atoms with Gasteiger partial charge in [0.05, 0.1) is 24.1 Å². The Morgan fingerprint density at radius 2 is 1.83 bits per heavy atom. The number of carbonyl (C=O) groups is 2. The minimum Gasteiger partial charge on any atom is -0.394 e. The zero-order valence-corrected chi connectivity index (χ0v) is 19.6. The van der Waals surface area contributed by atoms with Gasteiger partial charge in [-0.15, -0.1) is 5.06 Å². The van der Waals surface area contributed by atoms with Crippen molar-refractivity contribution in [3.05, 3.63) is 41.7 Å². The van der Waals surface area contributed by atoms with Crippen molar-refractivity contribution >= 4 is 34.7 Å². The molecule has 0 unspecified atom stereocenters. The van der Waals surface area contributed by atoms with Gasteiger partial charge >= 0.3 is 0 Å². The van der Waals surface area contributed by atoms with Gasteiger partial charge in [-0.25, -0.2) is 4.98 Å². The van der Waals surface area contributed by atoms with E-state index in [4.69, 9.17) is 21.0 Å². The number of hydroxylamine groups is 2. The van der Waals surface area contributed by atoms with Crippen molar-refractivity contribution in [3.8, 4) is 0 Å². The number of ether oxygens (including phenoxy) is 1. The minimum atomic E-state index is -1.51. The fourth-order valence-corrected chi connectivity index (χ4v) is 4.88. The molecule has 13 heteroatoms. The number of unbranched alkanes of at least 4 members (excludes halogenated alkanes) is 2. The Morgan fingerprint density at radius 3 is 2.47 bits per heavy atom. The molecule has 4 heterocycles. The summed E-state index contributed by atoms with van der Waals surface area (Å²) in [5.74, 6) is -1.35. The molecule has 1 fully saturated rings. The predicted octanol–water partition coefficient (Wildman–Crippen LogP) is 0.572. The fraction of sp³-hybridized carbons (Fsp3) is 0.435. The number of aliphatic hydroxyl groups excluding tert-OH is 2. The molecule has 0 spiro atoms. The van der Waals surface area contributed by atoms with Crippen molar-refractivity contribution < 1.29 is 29.4 Å². The van der Waals surface area contributed by atoms with E-state index in [0.29, 0.717) is 11.5 Å². The van der Waals surface area contributed by atoms with Crippen LogP contribution in [-0.4, -0.2) is 71.5 Å². The largest absolute Gasteiger partial charge is 0.394 e. The van der Waals surface area contributed by atoms with Gasteiger partial charge < -0.3 is 26.4 Å². The van der Waals surface area contributed by atoms with Gasteiger partial charge in [0.1, 0.15) is 23.8 Å². The number of aromatic nitrogens is 4. The number of amides is 2. The first-order valence-electron chi connectivity index (χ1n) is 11.7. The quantitative estimate of drug-likeness (QED) is 0.251. The zero-order chi connectivity index (χ0) is 25.6. The third-order valence-electron chi connectivity index (χ3n) is 6.65. The lowest BCUT2D eigenvalue weighted by Crippen LogP contribution is -2.48. The number of anilines is 2. The molecule has 0 bridgehead atoms. The van der Waals surface area contributed by atoms with Crippen LogP contribution in [0.2, 0.25) is 0 Å². The SMILES string of the molecule is CCCCC[C@@]1(n2cnc3c(N)nc(N)nc32)O[C@H](CO)[C@@H](ON2C(=O)c3ccccc3C2=O)[C@H]1O. The molecule has 0 saturated carbocycles. The molecule has 1 aromatic carbocycles. The molecule has 190 valence electrons. The van der Waals surface area contributed by atoms with E-state index in [9.17, 15) is 19.8 Å². The second kappa shape index (κ2) is 9.09. The van der Waals surface area contributed by atoms with Crippen LogP contribution in [-0.2, 0) is 15.3 Å². The lowest BCUT2D eigenvalue weighted by atomic mass is 9.96. The minimum absolute atomic E-state index is 0.0602. The molecule has 2 aliphatic rings. The fourth-order valence-electron chi connectivity index (χ4n) is 4.88. The number of benzene rings is 1. The maximum atomic E-state index is 12.9. The second-order valence-electron chi connectivity index (χ2n) is 8.86. The number of carbonyl (C=O) groups excluding carboxylic acids is 2. The number of nitrogen functional groups attached to an aromatic ring is 2. The summed E-state index contributed by atoms with van der Waals surface area (Å²) in [5.41, 5.74) is 11.2. The highest BCUT2D eigenvalue weighted by molar-refractivity contribution is 6.20. The smallest absolute Gasteiger partial charge is 0.285 e. The first kappa shape index (κ1) is 24.1. The number of nitrogens with zero attached hydrogens (tertiary/aromatic N) is 5. The van der Waals surface area contributed by atoms with E-state index in [2.05, 4.69) is 15.0 Å². The molecule has 2 amide bonds. The Labute approximate surface area is 205 Å². The molecule has 4 atom stereocenters. The molecule has 6 N–H and O–H groups in total. The van der Waals surface area contributed by atoms with Crippen LogP contribution in [0.15, 0.2) is 30.6 Å². The van der Waals surface area contributed by atoms with E-state index in [0.717, 1.165) is 12.8 Å². The molecular formula is C23H27N7O6. The summed E-state index contributed by atoms with van der Waals surface area (Å²) in [6, 6.07) is 6.32. The van der Waals surface area contributed by atoms with E-state index in [1.54, 1.807) is 12.1 Å². The third-order valence-corrected chi connectivity index (χ3v) is 6.65. The van der Waals surface area contributed by atoms with Crippen LogP contribution < -0.4 is 11.5 Å². The topological polar surface area (TPSA) is 192 Å². The maximum Gasteiger partial charge on any atom is 0.285 e. The van der Waals surface area contributed by atoms with Crippen molar-refractivity contribution in [2.24, 2.45) is 0 Å². The van der Waals surface area contributed by atoms with Crippen molar-refractivity contribution in [1.82, 2.24) is 24.6 Å². The van der Waals surface area contributed by atoms with Gasteiger partial charge in [-0.05, 0) is 25.0 Å². The normalized spacial score (nSPS) is 25.8. The van der Waals surface area contributed by atoms with Crippen LogP contribution in [0.1, 0.15) is 53.3 Å². The number of imide groups is 1. The van der Waals surface area contributed by atoms with Crippen molar-refractivity contribution in [2.75, 3.05) is 18.1 Å². The van der Waals surface area contributed by atoms with Gasteiger partial charge in [-0.1, -0.05) is 31.9 Å². The molecule has 2 aromatic heterocycles. The van der Waals surface area contributed by atoms with Crippen LogP contribution in [0.25, 0.3) is 11.2 Å². The summed E-state index contributed by atoms with van der Waals surface area (Å²) in [6.45, 7) is 1.48. The number of aliphatic hydroxyl groups is 2. The highest BCUT2D eigenvalue weighted by atomic mass is 16.7. The Bertz CT molecular complexity index is 1290. The van der Waals surface area contributed by atoms with Crippen LogP contribution in [0.3, 0.4) is 0 Å². The number of nitrogens with two attached hydrogens (primary N) is 2. The van der Waals surface area contributed by atoms with Crippen LogP contribution in [0, 0.1) is 0 Å². The monoisotopic (exact) mass is 497 g/mol. The van der Waals surface area contributed by atoms with Crippen LogP contribution in [0.4, 0.5) is 11.8 Å². The van der Waals surface area contributed by atoms with Gasteiger partial charge in [0, 0.05) is 0 Å². The van der Waals surface area contributed by atoms with Gasteiger partial charge in [0.2, 0.25) is 5.95 Å². The molecule has 13 nitrogen and oxygen atoms in total. The van der Waals surface area contributed by atoms with Crippen LogP contribution >= 0.6 is 0 Å². The summed E-state index contributed by atoms with van der Waals surface area (Å²) in [6.07, 6.45) is 0.271. The molecule has 1 saturated heterocycles. The summed E-state index contributed by atoms with van der Waals surface area (Å²) in [7, 11) is 0. The Hall–Kier alpha value is -3.65. The standard InChI is InChI=1S/C23H27N7O6/c1-2-3-6-9-23(29-11-26-15-18(24)27-22(25)28-19(15)29)17(32)16(14(10-31)35-23)36-30-20(33)12-7-4-5-8-13(12)21(30)34/h4-5,7-8,11,14,16-17,31-32H,2-3,6,9-10H2,1H3,(H4,24,25,27,28)/t14-,16-,17-,23-/m1/s1. The van der Waals surface area contributed by atoms with Gasteiger partial charge in [-0.3, -0.25) is 19.0 Å². The predicted molar refractivity (Wildman–Crippen MR) is 126 cm³/mol. The van der Waals surface area contributed by atoms with E-state index in [1.807, 2.05) is 6.92 Å². The van der Waals surface area contributed by atoms with E-state index >= 15 is 0 Å². The summed E-state index contributed by atoms with van der Waals surface area (Å²) >= 11 is 0. The summed E-state index contributed by atoms with van der Waals surface area (Å²) in [4.78, 5) is 44.0. The first-order chi connectivity index (χ1) is 17.3. The summed E-state index contributed by atoms with van der Waals surface area (Å²) < 4.78 is 7.77. The third kappa shape index (κ3) is 3.59. The van der Waals surface area contributed by atoms with Crippen molar-refractivity contribution in [2.45, 2.75) is 56.6 Å². The number of hydrogen-bond donors (Lipinski definition) is 4. The highest BCUT2D eigenvalue weighted by Crippen LogP contribution is 2.43. The Morgan fingerprint density at radius 1 is 1.14 bits per heavy atom. The summed E-state index contributed by atoms with van der Waals surface area (Å²) in [5, 5.41) is 22.4. The number of fused-ring (bicyclic) bond motifs is 2. The molecule has 0 aliphatic carbocycles. The molecule has 3 aromatic rings. The van der Waals surface area contributed by atoms with Gasteiger partial charge in [0.25, 0.3) is 11.8 Å². The average molecular weight is 498 g/mol. The second-order valence-corrected chi connectivity index (χ2v) is 8.86. The molecule has 5 rings (SSSR count). The van der Waals surface area contributed by atoms with Gasteiger partial charge in [0.15, 0.2) is 17.2 Å². The van der Waals surface area contributed by atoms with Gasteiger partial charge in [-0.2, -0.15) is 9.97 Å². The van der Waals surface area contributed by atoms with E-state index < -0.39 is 42.5 Å². The van der Waals surface area contributed by atoms with Crippen molar-refractivity contribution in [1.29, 1.82) is 0 Å². The maximum absolute atomic E-state index is 12.9. The van der Waals surface area contributed by atoms with Crippen molar-refractivity contribution in [3.63, 3.8) is 0 Å². The molecular weight excluding hydrogens is 470 g/mol. The number of rotatable bonds is 8. The molecule has 2 aliphatic heterocycles. The van der Waals surface area contributed by atoms with E-state index in [-0.39, 0.29) is 40.5 Å². The lowest BCUT2D eigenvalue weighted by molar-refractivity contribution is -0.171. The molecule has 0 radical (unpaired) electrons. The number of hydrogen-bond acceptors (Lipinski definition) is 11. The highest BCUT2D eigenvalue weighted by Gasteiger charge is 2.58. The number of imidazole rings is 1. The lowest BCUT2D eigenvalue weighted by Gasteiger charge is -2.34. The molecule has 36 heavy (non-hydrogen) atoms. The van der Waals surface area contributed by atoms with E-state index in [1.165, 1.54) is 23.0 Å². The average Bonchev–Trinajstić information content (AvgIpc) is 3.48. The Kier molecular flexibility index (Phi) is 6.08. The van der Waals surface area contributed by atoms with Crippen LogP contribution in [0.5, 0.6) is 0 Å². The first-order valence-corrected chi connectivity index (χ1v) is 11.7. The zero-order valence-electron chi connectivity index (χ0n) is 19.6.